The van der Waals surface area contributed by atoms with E-state index in [-0.39, 0.29) is 18.0 Å². The zero-order valence-corrected chi connectivity index (χ0v) is 23.9. The molecule has 0 aliphatic carbocycles. The summed E-state index contributed by atoms with van der Waals surface area (Å²) >= 11 is 13.4. The van der Waals surface area contributed by atoms with E-state index >= 15 is 0 Å². The van der Waals surface area contributed by atoms with E-state index in [2.05, 4.69) is 27.5 Å². The lowest BCUT2D eigenvalue weighted by Crippen LogP contribution is -2.52. The van der Waals surface area contributed by atoms with Gasteiger partial charge in [0.05, 0.1) is 48.6 Å². The molecule has 41 heavy (non-hydrogen) atoms. The average molecular weight is 595 g/mol. The van der Waals surface area contributed by atoms with Crippen LogP contribution in [0.4, 0.5) is 17.5 Å². The summed E-state index contributed by atoms with van der Waals surface area (Å²) < 4.78 is 16.6. The number of fused-ring (bicyclic) bond motifs is 1. The Labute approximate surface area is 247 Å². The van der Waals surface area contributed by atoms with E-state index in [1.54, 1.807) is 18.3 Å². The molecule has 1 saturated heterocycles. The Morgan fingerprint density at radius 1 is 1.07 bits per heavy atom. The second kappa shape index (κ2) is 12.6. The number of benzene rings is 2. The van der Waals surface area contributed by atoms with Crippen LogP contribution in [0.5, 0.6) is 11.5 Å². The van der Waals surface area contributed by atoms with Gasteiger partial charge in [-0.15, -0.1) is 0 Å². The first-order valence-electron chi connectivity index (χ1n) is 12.8. The number of rotatable bonds is 9. The number of halogens is 2. The summed E-state index contributed by atoms with van der Waals surface area (Å²) in [4.78, 5) is 26.2. The number of amides is 1. The van der Waals surface area contributed by atoms with Gasteiger partial charge >= 0.3 is 0 Å². The van der Waals surface area contributed by atoms with Crippen molar-refractivity contribution < 1.29 is 19.0 Å². The molecule has 1 fully saturated rings. The van der Waals surface area contributed by atoms with Crippen molar-refractivity contribution in [1.29, 1.82) is 0 Å². The van der Waals surface area contributed by atoms with Crippen molar-refractivity contribution in [2.45, 2.75) is 18.5 Å². The van der Waals surface area contributed by atoms with E-state index < -0.39 is 0 Å². The predicted octanol–water partition coefficient (Wildman–Crippen LogP) is 5.63. The molecule has 1 aliphatic heterocycles. The SMILES string of the molecule is C=CC(=O)N[C@H]1CCOC[C@H]1Nc1ncc2cc(-c3c(Cl)c(OC)cc(OC)c3Cl)nc(Nc3ccccc3)c2n1. The number of ether oxygens (including phenoxy) is 3. The van der Waals surface area contributed by atoms with E-state index in [1.807, 2.05) is 30.3 Å². The van der Waals surface area contributed by atoms with E-state index in [1.165, 1.54) is 20.3 Å². The first kappa shape index (κ1) is 28.4. The zero-order chi connectivity index (χ0) is 28.9. The Kier molecular flexibility index (Phi) is 8.72. The first-order chi connectivity index (χ1) is 19.9. The Morgan fingerprint density at radius 2 is 1.80 bits per heavy atom. The maximum absolute atomic E-state index is 12.0. The molecule has 1 aliphatic rings. The Balaban J connectivity index is 1.60. The van der Waals surface area contributed by atoms with Crippen LogP contribution in [0.25, 0.3) is 22.2 Å². The molecular formula is C29H28Cl2N6O4. The van der Waals surface area contributed by atoms with Gasteiger partial charge < -0.3 is 30.2 Å². The maximum atomic E-state index is 12.0. The number of aromatic nitrogens is 3. The van der Waals surface area contributed by atoms with Gasteiger partial charge in [0.25, 0.3) is 0 Å². The van der Waals surface area contributed by atoms with Gasteiger partial charge in [-0.25, -0.2) is 15.0 Å². The molecule has 3 heterocycles. The van der Waals surface area contributed by atoms with Gasteiger partial charge in [0.2, 0.25) is 11.9 Å². The highest BCUT2D eigenvalue weighted by Crippen LogP contribution is 2.46. The number of nitrogens with one attached hydrogen (secondary N) is 3. The maximum Gasteiger partial charge on any atom is 0.243 e. The fourth-order valence-electron chi connectivity index (χ4n) is 4.55. The summed E-state index contributed by atoms with van der Waals surface area (Å²) in [6.07, 6.45) is 3.58. The molecule has 0 spiro atoms. The summed E-state index contributed by atoms with van der Waals surface area (Å²) in [5.41, 5.74) is 2.28. The van der Waals surface area contributed by atoms with Gasteiger partial charge in [0, 0.05) is 35.5 Å². The minimum atomic E-state index is -0.249. The number of hydrogen-bond acceptors (Lipinski definition) is 9. The smallest absolute Gasteiger partial charge is 0.243 e. The Bertz CT molecular complexity index is 1560. The zero-order valence-electron chi connectivity index (χ0n) is 22.4. The molecule has 5 rings (SSSR count). The van der Waals surface area contributed by atoms with E-state index in [0.29, 0.717) is 75.1 Å². The fourth-order valence-corrected chi connectivity index (χ4v) is 5.25. The lowest BCUT2D eigenvalue weighted by atomic mass is 10.0. The van der Waals surface area contributed by atoms with Gasteiger partial charge in [-0.2, -0.15) is 0 Å². The summed E-state index contributed by atoms with van der Waals surface area (Å²) in [7, 11) is 3.03. The number of carbonyl (C=O) groups excluding carboxylic acids is 1. The number of nitrogens with zero attached hydrogens (tertiary/aromatic N) is 3. The highest BCUT2D eigenvalue weighted by atomic mass is 35.5. The second-order valence-corrected chi connectivity index (χ2v) is 9.95. The standard InChI is InChI=1S/C29H28Cl2N6O4/c1-4-23(38)34-18-10-11-41-15-20(18)36-29-32-14-16-12-19(24-25(30)21(39-2)13-22(40-3)26(24)31)35-28(27(16)37-29)33-17-8-6-5-7-9-17/h4-9,12-14,18,20H,1,10-11,15H2,2-3H3,(H,33,35)(H,34,38)(H,32,36,37)/t18-,20+/m0/s1. The fraction of sp³-hybridized carbons (Fsp3) is 0.241. The Hall–Kier alpha value is -4.12. The minimum Gasteiger partial charge on any atom is -0.495 e. The van der Waals surface area contributed by atoms with E-state index in [4.69, 9.17) is 47.4 Å². The molecule has 2 aromatic heterocycles. The minimum absolute atomic E-state index is 0.178. The van der Waals surface area contributed by atoms with Crippen LogP contribution >= 0.6 is 23.2 Å². The number of anilines is 3. The topological polar surface area (TPSA) is 120 Å². The van der Waals surface area contributed by atoms with Crippen molar-refractivity contribution in [3.63, 3.8) is 0 Å². The predicted molar refractivity (Wildman–Crippen MR) is 161 cm³/mol. The summed E-state index contributed by atoms with van der Waals surface area (Å²) in [5, 5.41) is 10.9. The van der Waals surface area contributed by atoms with Gasteiger partial charge in [0.15, 0.2) is 5.82 Å². The van der Waals surface area contributed by atoms with E-state index in [9.17, 15) is 4.79 Å². The Morgan fingerprint density at radius 3 is 2.49 bits per heavy atom. The molecule has 1 amide bonds. The third-order valence-corrected chi connectivity index (χ3v) is 7.37. The van der Waals surface area contributed by atoms with Crippen LogP contribution in [0.15, 0.2) is 61.3 Å². The molecule has 2 atom stereocenters. The summed E-state index contributed by atoms with van der Waals surface area (Å²) in [5.74, 6) is 1.35. The molecule has 4 aromatic rings. The van der Waals surface area contributed by atoms with Crippen LogP contribution in [-0.4, -0.2) is 60.4 Å². The van der Waals surface area contributed by atoms with Crippen LogP contribution in [0.3, 0.4) is 0 Å². The van der Waals surface area contributed by atoms with Crippen molar-refractivity contribution >= 4 is 57.5 Å². The number of para-hydroxylation sites is 1. The van der Waals surface area contributed by atoms with Crippen molar-refractivity contribution in [2.24, 2.45) is 0 Å². The lowest BCUT2D eigenvalue weighted by molar-refractivity contribution is -0.117. The highest BCUT2D eigenvalue weighted by molar-refractivity contribution is 6.41. The van der Waals surface area contributed by atoms with Crippen LogP contribution < -0.4 is 25.4 Å². The quantitative estimate of drug-likeness (QED) is 0.212. The second-order valence-electron chi connectivity index (χ2n) is 9.20. The molecule has 0 radical (unpaired) electrons. The normalized spacial score (nSPS) is 16.6. The van der Waals surface area contributed by atoms with Crippen LogP contribution in [0.2, 0.25) is 10.0 Å². The van der Waals surface area contributed by atoms with E-state index in [0.717, 1.165) is 5.69 Å². The summed E-state index contributed by atoms with van der Waals surface area (Å²) in [6.45, 7) is 4.46. The molecule has 212 valence electrons. The number of hydrogen-bond donors (Lipinski definition) is 3. The van der Waals surface area contributed by atoms with Crippen molar-refractivity contribution in [3.05, 3.63) is 71.4 Å². The van der Waals surface area contributed by atoms with Crippen molar-refractivity contribution in [2.75, 3.05) is 38.1 Å². The molecule has 2 aromatic carbocycles. The molecule has 3 N–H and O–H groups in total. The summed E-state index contributed by atoms with van der Waals surface area (Å²) in [6, 6.07) is 12.6. The number of pyridine rings is 1. The van der Waals surface area contributed by atoms with Crippen LogP contribution in [-0.2, 0) is 9.53 Å². The van der Waals surface area contributed by atoms with Gasteiger partial charge in [-0.05, 0) is 30.7 Å². The van der Waals surface area contributed by atoms with Crippen LogP contribution in [0, 0.1) is 0 Å². The third kappa shape index (κ3) is 6.14. The average Bonchev–Trinajstić information content (AvgIpc) is 2.99. The molecular weight excluding hydrogens is 567 g/mol. The molecule has 0 unspecified atom stereocenters. The number of carbonyl (C=O) groups is 1. The lowest BCUT2D eigenvalue weighted by Gasteiger charge is -2.32. The molecule has 12 heteroatoms. The first-order valence-corrected chi connectivity index (χ1v) is 13.5. The highest BCUT2D eigenvalue weighted by Gasteiger charge is 2.28. The van der Waals surface area contributed by atoms with Gasteiger partial charge in [-0.1, -0.05) is 48.0 Å². The van der Waals surface area contributed by atoms with Crippen molar-refractivity contribution in [3.8, 4) is 22.8 Å². The monoisotopic (exact) mass is 594 g/mol. The molecule has 0 bridgehead atoms. The van der Waals surface area contributed by atoms with Crippen LogP contribution in [0.1, 0.15) is 6.42 Å². The number of methoxy groups -OCH3 is 2. The van der Waals surface area contributed by atoms with Crippen molar-refractivity contribution in [1.82, 2.24) is 20.3 Å². The molecule has 0 saturated carbocycles. The largest absolute Gasteiger partial charge is 0.495 e. The molecule has 10 nitrogen and oxygen atoms in total. The third-order valence-electron chi connectivity index (χ3n) is 6.62. The van der Waals surface area contributed by atoms with Gasteiger partial charge in [0.1, 0.15) is 17.0 Å². The van der Waals surface area contributed by atoms with Gasteiger partial charge in [-0.3, -0.25) is 4.79 Å².